The number of carbonyl (C=O) groups is 1. The molecular formula is C11H8BrF2NO2. The fourth-order valence-electron chi connectivity index (χ4n) is 1.43. The van der Waals surface area contributed by atoms with Gasteiger partial charge in [-0.3, -0.25) is 4.79 Å². The van der Waals surface area contributed by atoms with Gasteiger partial charge in [0.25, 0.3) is 0 Å². The van der Waals surface area contributed by atoms with Crippen molar-refractivity contribution in [3.8, 4) is 6.07 Å². The first kappa shape index (κ1) is 13.6. The molecule has 0 saturated heterocycles. The highest BCUT2D eigenvalue weighted by Crippen LogP contribution is 2.28. The molecule has 1 unspecified atom stereocenters. The van der Waals surface area contributed by atoms with E-state index in [4.69, 9.17) is 10.4 Å². The average molecular weight is 304 g/mol. The quantitative estimate of drug-likeness (QED) is 0.929. The zero-order valence-corrected chi connectivity index (χ0v) is 10.2. The molecule has 17 heavy (non-hydrogen) atoms. The third kappa shape index (κ3) is 3.49. The minimum absolute atomic E-state index is 0.124. The lowest BCUT2D eigenvalue weighted by Crippen LogP contribution is -2.06. The Balaban J connectivity index is 3.04. The van der Waals surface area contributed by atoms with E-state index in [0.717, 1.165) is 12.1 Å². The van der Waals surface area contributed by atoms with Crippen molar-refractivity contribution in [2.24, 2.45) is 0 Å². The standard InChI is InChI=1S/C11H8BrF2NO2/c12-7-3-8(13)11(9(14)4-7)6(5-15)1-2-10(16)17/h3-4,6H,1-2H2,(H,16,17). The molecule has 3 nitrogen and oxygen atoms in total. The topological polar surface area (TPSA) is 61.1 Å². The van der Waals surface area contributed by atoms with Crippen LogP contribution in [0.4, 0.5) is 8.78 Å². The summed E-state index contributed by atoms with van der Waals surface area (Å²) in [5.74, 6) is -3.91. The molecule has 0 heterocycles. The molecule has 1 N–H and O–H groups in total. The predicted octanol–water partition coefficient (Wildman–Crippen LogP) is 3.20. The number of rotatable bonds is 4. The zero-order valence-electron chi connectivity index (χ0n) is 8.58. The van der Waals surface area contributed by atoms with E-state index in [1.165, 1.54) is 0 Å². The van der Waals surface area contributed by atoms with Crippen molar-refractivity contribution in [2.45, 2.75) is 18.8 Å². The summed E-state index contributed by atoms with van der Waals surface area (Å²) in [6, 6.07) is 3.81. The van der Waals surface area contributed by atoms with Crippen molar-refractivity contribution in [3.05, 3.63) is 33.8 Å². The lowest BCUT2D eigenvalue weighted by Gasteiger charge is -2.10. The van der Waals surface area contributed by atoms with Crippen LogP contribution in [-0.4, -0.2) is 11.1 Å². The van der Waals surface area contributed by atoms with E-state index in [1.54, 1.807) is 6.07 Å². The van der Waals surface area contributed by atoms with Gasteiger partial charge in [-0.15, -0.1) is 0 Å². The number of nitrogens with zero attached hydrogens (tertiary/aromatic N) is 1. The van der Waals surface area contributed by atoms with E-state index in [0.29, 0.717) is 0 Å². The maximum absolute atomic E-state index is 13.5. The molecule has 1 atom stereocenters. The first-order chi connectivity index (χ1) is 7.95. The van der Waals surface area contributed by atoms with E-state index in [2.05, 4.69) is 15.9 Å². The molecule has 1 rings (SSSR count). The van der Waals surface area contributed by atoms with Gasteiger partial charge in [0.2, 0.25) is 0 Å². The number of benzene rings is 1. The molecular weight excluding hydrogens is 296 g/mol. The van der Waals surface area contributed by atoms with Crippen LogP contribution in [0.3, 0.4) is 0 Å². The average Bonchev–Trinajstić information content (AvgIpc) is 2.21. The molecule has 0 fully saturated rings. The Morgan fingerprint density at radius 1 is 1.47 bits per heavy atom. The fourth-order valence-corrected chi connectivity index (χ4v) is 1.83. The summed E-state index contributed by atoms with van der Waals surface area (Å²) < 4.78 is 27.2. The van der Waals surface area contributed by atoms with Crippen LogP contribution in [0.1, 0.15) is 24.3 Å². The molecule has 0 saturated carbocycles. The molecule has 0 aliphatic heterocycles. The molecule has 1 aromatic rings. The number of aliphatic carboxylic acids is 1. The molecule has 0 amide bonds. The van der Waals surface area contributed by atoms with Gasteiger partial charge in [-0.05, 0) is 18.6 Å². The first-order valence-corrected chi connectivity index (χ1v) is 5.51. The number of carboxylic acids is 1. The Morgan fingerprint density at radius 2 is 2.00 bits per heavy atom. The lowest BCUT2D eigenvalue weighted by atomic mass is 9.94. The van der Waals surface area contributed by atoms with Crippen molar-refractivity contribution in [1.82, 2.24) is 0 Å². The minimum Gasteiger partial charge on any atom is -0.481 e. The van der Waals surface area contributed by atoms with Gasteiger partial charge >= 0.3 is 5.97 Å². The number of hydrogen-bond donors (Lipinski definition) is 1. The molecule has 0 aliphatic rings. The van der Waals surface area contributed by atoms with Gasteiger partial charge < -0.3 is 5.11 Å². The Kier molecular flexibility index (Phi) is 4.58. The van der Waals surface area contributed by atoms with Gasteiger partial charge in [0, 0.05) is 16.5 Å². The maximum Gasteiger partial charge on any atom is 0.303 e. The number of carboxylic acid groups (broad SMARTS) is 1. The minimum atomic E-state index is -1.11. The fraction of sp³-hybridized carbons (Fsp3) is 0.273. The van der Waals surface area contributed by atoms with Gasteiger partial charge in [0.05, 0.1) is 12.0 Å². The van der Waals surface area contributed by atoms with Crippen molar-refractivity contribution < 1.29 is 18.7 Å². The lowest BCUT2D eigenvalue weighted by molar-refractivity contribution is -0.137. The van der Waals surface area contributed by atoms with Crippen molar-refractivity contribution in [1.29, 1.82) is 5.26 Å². The van der Waals surface area contributed by atoms with E-state index in [-0.39, 0.29) is 22.9 Å². The van der Waals surface area contributed by atoms with Crippen LogP contribution in [0, 0.1) is 23.0 Å². The van der Waals surface area contributed by atoms with Gasteiger partial charge in [0.1, 0.15) is 11.6 Å². The Bertz CT molecular complexity index is 462. The van der Waals surface area contributed by atoms with E-state index in [9.17, 15) is 13.6 Å². The second-order valence-corrected chi connectivity index (χ2v) is 4.31. The molecule has 0 bridgehead atoms. The molecule has 0 radical (unpaired) electrons. The highest BCUT2D eigenvalue weighted by molar-refractivity contribution is 9.10. The number of halogens is 3. The van der Waals surface area contributed by atoms with Gasteiger partial charge in [-0.1, -0.05) is 15.9 Å². The summed E-state index contributed by atoms with van der Waals surface area (Å²) in [4.78, 5) is 10.4. The monoisotopic (exact) mass is 303 g/mol. The predicted molar refractivity (Wildman–Crippen MR) is 59.3 cm³/mol. The third-order valence-corrected chi connectivity index (χ3v) is 2.65. The highest BCUT2D eigenvalue weighted by Gasteiger charge is 2.21. The van der Waals surface area contributed by atoms with E-state index >= 15 is 0 Å². The van der Waals surface area contributed by atoms with Gasteiger partial charge in [0.15, 0.2) is 0 Å². The van der Waals surface area contributed by atoms with E-state index in [1.807, 2.05) is 0 Å². The smallest absolute Gasteiger partial charge is 0.303 e. The molecule has 0 aliphatic carbocycles. The van der Waals surface area contributed by atoms with Crippen LogP contribution < -0.4 is 0 Å². The van der Waals surface area contributed by atoms with Crippen LogP contribution in [0.25, 0.3) is 0 Å². The van der Waals surface area contributed by atoms with Crippen molar-refractivity contribution in [2.75, 3.05) is 0 Å². The summed E-state index contributed by atoms with van der Waals surface area (Å²) in [7, 11) is 0. The Morgan fingerprint density at radius 3 is 2.41 bits per heavy atom. The summed E-state index contributed by atoms with van der Waals surface area (Å²) in [6.45, 7) is 0. The molecule has 0 aromatic heterocycles. The maximum atomic E-state index is 13.5. The van der Waals surface area contributed by atoms with Crippen LogP contribution in [0.5, 0.6) is 0 Å². The second kappa shape index (κ2) is 5.73. The van der Waals surface area contributed by atoms with Crippen LogP contribution in [0.15, 0.2) is 16.6 Å². The highest BCUT2D eigenvalue weighted by atomic mass is 79.9. The van der Waals surface area contributed by atoms with Crippen molar-refractivity contribution in [3.63, 3.8) is 0 Å². The normalized spacial score (nSPS) is 11.9. The summed E-state index contributed by atoms with van der Waals surface area (Å²) in [5.41, 5.74) is -0.378. The molecule has 1 aromatic carbocycles. The van der Waals surface area contributed by atoms with Gasteiger partial charge in [-0.25, -0.2) is 8.78 Å². The van der Waals surface area contributed by atoms with Gasteiger partial charge in [-0.2, -0.15) is 5.26 Å². The van der Waals surface area contributed by atoms with Crippen molar-refractivity contribution >= 4 is 21.9 Å². The number of hydrogen-bond acceptors (Lipinski definition) is 2. The summed E-state index contributed by atoms with van der Waals surface area (Å²) in [6.07, 6.45) is -0.436. The van der Waals surface area contributed by atoms with E-state index < -0.39 is 23.5 Å². The molecule has 0 spiro atoms. The second-order valence-electron chi connectivity index (χ2n) is 3.40. The summed E-state index contributed by atoms with van der Waals surface area (Å²) in [5, 5.41) is 17.3. The Labute approximate surface area is 105 Å². The zero-order chi connectivity index (χ0) is 13.0. The van der Waals surface area contributed by atoms with Crippen LogP contribution in [0.2, 0.25) is 0 Å². The van der Waals surface area contributed by atoms with Crippen LogP contribution in [-0.2, 0) is 4.79 Å². The SMILES string of the molecule is N#CC(CCC(=O)O)c1c(F)cc(Br)cc1F. The molecule has 90 valence electrons. The Hall–Kier alpha value is -1.48. The largest absolute Gasteiger partial charge is 0.481 e. The molecule has 6 heteroatoms. The first-order valence-electron chi connectivity index (χ1n) is 4.71. The number of nitriles is 1. The van der Waals surface area contributed by atoms with Crippen LogP contribution >= 0.6 is 15.9 Å². The summed E-state index contributed by atoms with van der Waals surface area (Å²) >= 11 is 2.92. The third-order valence-electron chi connectivity index (χ3n) is 2.20.